The molecule has 0 saturated heterocycles. The van der Waals surface area contributed by atoms with Gasteiger partial charge in [-0.25, -0.2) is 0 Å². The zero-order chi connectivity index (χ0) is 12.3. The molecule has 1 aromatic carbocycles. The van der Waals surface area contributed by atoms with E-state index in [-0.39, 0.29) is 0 Å². The fraction of sp³-hybridized carbons (Fsp3) is 0.154. The van der Waals surface area contributed by atoms with Crippen LogP contribution in [-0.4, -0.2) is 11.7 Å². The number of nitrogen functional groups attached to an aromatic ring is 1. The molecule has 0 fully saturated rings. The molecule has 2 rings (SSSR count). The minimum Gasteiger partial charge on any atom is -0.497 e. The third-order valence-electron chi connectivity index (χ3n) is 2.64. The largest absolute Gasteiger partial charge is 0.497 e. The predicted molar refractivity (Wildman–Crippen MR) is 65.7 cm³/mol. The number of nitriles is 1. The average molecular weight is 227 g/mol. The molecular weight excluding hydrogens is 214 g/mol. The Balaban J connectivity index is 2.20. The van der Waals surface area contributed by atoms with Gasteiger partial charge in [0, 0.05) is 12.7 Å². The zero-order valence-corrected chi connectivity index (χ0v) is 9.55. The molecule has 0 spiro atoms. The number of nitrogens with two attached hydrogens (primary N) is 1. The maximum absolute atomic E-state index is 8.81. The van der Waals surface area contributed by atoms with Crippen molar-refractivity contribution in [2.24, 2.45) is 0 Å². The lowest BCUT2D eigenvalue weighted by molar-refractivity contribution is 0.414. The second kappa shape index (κ2) is 4.62. The van der Waals surface area contributed by atoms with E-state index in [0.717, 1.165) is 11.3 Å². The summed E-state index contributed by atoms with van der Waals surface area (Å²) in [6.07, 6.45) is 1.82. The Morgan fingerprint density at radius 1 is 1.29 bits per heavy atom. The van der Waals surface area contributed by atoms with Crippen LogP contribution in [0, 0.1) is 11.3 Å². The molecule has 1 aromatic heterocycles. The lowest BCUT2D eigenvalue weighted by atomic mass is 10.2. The Kier molecular flexibility index (Phi) is 3.01. The first kappa shape index (κ1) is 11.1. The van der Waals surface area contributed by atoms with Crippen LogP contribution in [0.15, 0.2) is 36.5 Å². The zero-order valence-electron chi connectivity index (χ0n) is 9.55. The van der Waals surface area contributed by atoms with E-state index >= 15 is 0 Å². The average Bonchev–Trinajstić information content (AvgIpc) is 2.71. The van der Waals surface area contributed by atoms with Crippen LogP contribution in [0.3, 0.4) is 0 Å². The van der Waals surface area contributed by atoms with Crippen LogP contribution in [0.1, 0.15) is 11.1 Å². The van der Waals surface area contributed by atoms with Crippen molar-refractivity contribution >= 4 is 5.82 Å². The number of rotatable bonds is 3. The number of hydrogen-bond donors (Lipinski definition) is 1. The summed E-state index contributed by atoms with van der Waals surface area (Å²) in [5, 5.41) is 8.81. The van der Waals surface area contributed by atoms with E-state index in [1.165, 1.54) is 0 Å². The first-order valence-corrected chi connectivity index (χ1v) is 5.22. The van der Waals surface area contributed by atoms with Crippen molar-refractivity contribution in [2.45, 2.75) is 6.54 Å². The van der Waals surface area contributed by atoms with Crippen molar-refractivity contribution in [3.63, 3.8) is 0 Å². The summed E-state index contributed by atoms with van der Waals surface area (Å²) in [4.78, 5) is 0. The SMILES string of the molecule is COc1ccc(Cn2ccc(C#N)c2N)cc1. The fourth-order valence-corrected chi connectivity index (χ4v) is 1.64. The van der Waals surface area contributed by atoms with E-state index in [4.69, 9.17) is 15.7 Å². The number of methoxy groups -OCH3 is 1. The quantitative estimate of drug-likeness (QED) is 0.872. The molecule has 2 aromatic rings. The Morgan fingerprint density at radius 2 is 2.00 bits per heavy atom. The van der Waals surface area contributed by atoms with Crippen LogP contribution >= 0.6 is 0 Å². The smallest absolute Gasteiger partial charge is 0.121 e. The van der Waals surface area contributed by atoms with Gasteiger partial charge in [0.05, 0.1) is 12.7 Å². The van der Waals surface area contributed by atoms with E-state index < -0.39 is 0 Å². The Hall–Kier alpha value is -2.41. The summed E-state index contributed by atoms with van der Waals surface area (Å²) >= 11 is 0. The van der Waals surface area contributed by atoms with Crippen molar-refractivity contribution in [3.8, 4) is 11.8 Å². The molecule has 0 aliphatic carbocycles. The summed E-state index contributed by atoms with van der Waals surface area (Å²) in [5.74, 6) is 1.33. The van der Waals surface area contributed by atoms with Crippen LogP contribution in [0.5, 0.6) is 5.75 Å². The molecule has 0 unspecified atom stereocenters. The third-order valence-corrected chi connectivity index (χ3v) is 2.64. The standard InChI is InChI=1S/C13H13N3O/c1-17-12-4-2-10(3-5-12)9-16-7-6-11(8-14)13(16)15/h2-7H,9,15H2,1H3. The molecule has 4 heteroatoms. The van der Waals surface area contributed by atoms with Gasteiger partial charge in [-0.15, -0.1) is 0 Å². The molecule has 0 radical (unpaired) electrons. The normalized spacial score (nSPS) is 9.88. The first-order valence-electron chi connectivity index (χ1n) is 5.22. The van der Waals surface area contributed by atoms with Crippen molar-refractivity contribution in [2.75, 3.05) is 12.8 Å². The molecule has 0 aliphatic rings. The van der Waals surface area contributed by atoms with Crippen molar-refractivity contribution in [3.05, 3.63) is 47.7 Å². The Labute approximate surface area is 99.8 Å². The van der Waals surface area contributed by atoms with E-state index in [9.17, 15) is 0 Å². The second-order valence-electron chi connectivity index (χ2n) is 3.70. The summed E-state index contributed by atoms with van der Waals surface area (Å²) in [5.41, 5.74) is 7.45. The maximum Gasteiger partial charge on any atom is 0.121 e. The van der Waals surface area contributed by atoms with Crippen LogP contribution in [0.2, 0.25) is 0 Å². The molecule has 0 bridgehead atoms. The molecule has 0 saturated carbocycles. The van der Waals surface area contributed by atoms with Gasteiger partial charge in [0.15, 0.2) is 0 Å². The number of hydrogen-bond acceptors (Lipinski definition) is 3. The highest BCUT2D eigenvalue weighted by Gasteiger charge is 2.05. The molecular formula is C13H13N3O. The number of ether oxygens (including phenoxy) is 1. The van der Waals surface area contributed by atoms with Gasteiger partial charge < -0.3 is 15.0 Å². The number of anilines is 1. The van der Waals surface area contributed by atoms with Gasteiger partial charge in [0.1, 0.15) is 17.6 Å². The van der Waals surface area contributed by atoms with Gasteiger partial charge in [0.2, 0.25) is 0 Å². The van der Waals surface area contributed by atoms with Crippen LogP contribution in [-0.2, 0) is 6.54 Å². The summed E-state index contributed by atoms with van der Waals surface area (Å²) < 4.78 is 6.94. The molecule has 0 aliphatic heterocycles. The van der Waals surface area contributed by atoms with Crippen LogP contribution < -0.4 is 10.5 Å². The fourth-order valence-electron chi connectivity index (χ4n) is 1.64. The molecule has 0 atom stereocenters. The lowest BCUT2D eigenvalue weighted by Gasteiger charge is -2.07. The summed E-state index contributed by atoms with van der Waals surface area (Å²) in [6.45, 7) is 0.650. The monoisotopic (exact) mass is 227 g/mol. The van der Waals surface area contributed by atoms with Gasteiger partial charge in [-0.1, -0.05) is 12.1 Å². The van der Waals surface area contributed by atoms with Gasteiger partial charge in [-0.05, 0) is 23.8 Å². The molecule has 2 N–H and O–H groups in total. The van der Waals surface area contributed by atoms with Crippen molar-refractivity contribution in [1.82, 2.24) is 4.57 Å². The molecule has 86 valence electrons. The summed E-state index contributed by atoms with van der Waals surface area (Å²) in [7, 11) is 1.64. The number of benzene rings is 1. The predicted octanol–water partition coefficient (Wildman–Crippen LogP) is 2.00. The highest BCUT2D eigenvalue weighted by molar-refractivity contribution is 5.50. The van der Waals surface area contributed by atoms with Crippen molar-refractivity contribution < 1.29 is 4.74 Å². The highest BCUT2D eigenvalue weighted by Crippen LogP contribution is 2.16. The number of nitrogens with zero attached hydrogens (tertiary/aromatic N) is 2. The second-order valence-corrected chi connectivity index (χ2v) is 3.70. The number of aromatic nitrogens is 1. The highest BCUT2D eigenvalue weighted by atomic mass is 16.5. The van der Waals surface area contributed by atoms with Gasteiger partial charge in [-0.2, -0.15) is 5.26 Å². The molecule has 4 nitrogen and oxygen atoms in total. The Bertz CT molecular complexity index is 549. The Morgan fingerprint density at radius 3 is 2.53 bits per heavy atom. The van der Waals surface area contributed by atoms with E-state index in [2.05, 4.69) is 6.07 Å². The summed E-state index contributed by atoms with van der Waals surface area (Å²) in [6, 6.07) is 11.5. The van der Waals surface area contributed by atoms with Gasteiger partial charge in [-0.3, -0.25) is 0 Å². The minimum atomic E-state index is 0.503. The molecule has 1 heterocycles. The molecule has 17 heavy (non-hydrogen) atoms. The first-order chi connectivity index (χ1) is 8.24. The van der Waals surface area contributed by atoms with Gasteiger partial charge >= 0.3 is 0 Å². The third kappa shape index (κ3) is 2.23. The van der Waals surface area contributed by atoms with Crippen molar-refractivity contribution in [1.29, 1.82) is 5.26 Å². The van der Waals surface area contributed by atoms with Gasteiger partial charge in [0.25, 0.3) is 0 Å². The lowest BCUT2D eigenvalue weighted by Crippen LogP contribution is -2.03. The van der Waals surface area contributed by atoms with Crippen LogP contribution in [0.25, 0.3) is 0 Å². The van der Waals surface area contributed by atoms with E-state index in [1.54, 1.807) is 13.2 Å². The molecule has 0 amide bonds. The van der Waals surface area contributed by atoms with Crippen LogP contribution in [0.4, 0.5) is 5.82 Å². The minimum absolute atomic E-state index is 0.503. The maximum atomic E-state index is 8.81. The van der Waals surface area contributed by atoms with E-state index in [0.29, 0.717) is 17.9 Å². The van der Waals surface area contributed by atoms with E-state index in [1.807, 2.05) is 35.0 Å². The topological polar surface area (TPSA) is 64.0 Å².